The minimum absolute atomic E-state index is 0.388. The molecule has 0 aliphatic rings. The third kappa shape index (κ3) is 2.69. The Bertz CT molecular complexity index is 330. The molecular formula is C11H13NO2. The molecule has 74 valence electrons. The first-order valence-corrected chi connectivity index (χ1v) is 4.42. The molecule has 14 heavy (non-hydrogen) atoms. The Morgan fingerprint density at radius 3 is 2.50 bits per heavy atom. The zero-order chi connectivity index (χ0) is 10.6. The van der Waals surface area contributed by atoms with Gasteiger partial charge in [0.25, 0.3) is 0 Å². The van der Waals surface area contributed by atoms with Crippen molar-refractivity contribution in [2.75, 3.05) is 0 Å². The van der Waals surface area contributed by atoms with Crippen LogP contribution in [-0.2, 0) is 11.2 Å². The lowest BCUT2D eigenvalue weighted by atomic mass is 10.00. The standard InChI is InChI=1S/C11H13NO2/c1-8-2-4-9(5-3-8)6-10(7-12)11(13)14/h2-5,7,10,12H,6H2,1H3,(H,13,14). The molecule has 0 aliphatic heterocycles. The van der Waals surface area contributed by atoms with E-state index in [1.165, 1.54) is 0 Å². The number of benzene rings is 1. The average molecular weight is 191 g/mol. The number of nitrogens with one attached hydrogen (secondary N) is 1. The second-order valence-electron chi connectivity index (χ2n) is 3.30. The van der Waals surface area contributed by atoms with E-state index in [4.69, 9.17) is 10.5 Å². The van der Waals surface area contributed by atoms with Gasteiger partial charge in [-0.15, -0.1) is 0 Å². The van der Waals surface area contributed by atoms with Gasteiger partial charge in [0.15, 0.2) is 0 Å². The molecule has 0 aliphatic carbocycles. The van der Waals surface area contributed by atoms with Crippen molar-refractivity contribution in [1.29, 1.82) is 5.41 Å². The van der Waals surface area contributed by atoms with Crippen molar-refractivity contribution in [3.8, 4) is 0 Å². The van der Waals surface area contributed by atoms with Gasteiger partial charge in [-0.3, -0.25) is 4.79 Å². The molecule has 0 bridgehead atoms. The van der Waals surface area contributed by atoms with E-state index in [-0.39, 0.29) is 0 Å². The first kappa shape index (κ1) is 10.4. The molecule has 0 aromatic heterocycles. The maximum atomic E-state index is 10.7. The number of hydrogen-bond donors (Lipinski definition) is 2. The highest BCUT2D eigenvalue weighted by atomic mass is 16.4. The molecule has 1 unspecified atom stereocenters. The normalized spacial score (nSPS) is 12.1. The molecule has 1 rings (SSSR count). The van der Waals surface area contributed by atoms with E-state index in [0.29, 0.717) is 6.42 Å². The molecule has 1 atom stereocenters. The van der Waals surface area contributed by atoms with E-state index in [0.717, 1.165) is 17.3 Å². The summed E-state index contributed by atoms with van der Waals surface area (Å²) in [6.07, 6.45) is 1.36. The highest BCUT2D eigenvalue weighted by Gasteiger charge is 2.14. The maximum Gasteiger partial charge on any atom is 0.312 e. The van der Waals surface area contributed by atoms with Gasteiger partial charge in [-0.1, -0.05) is 29.8 Å². The van der Waals surface area contributed by atoms with E-state index in [1.807, 2.05) is 31.2 Å². The fourth-order valence-corrected chi connectivity index (χ4v) is 1.20. The highest BCUT2D eigenvalue weighted by molar-refractivity contribution is 5.87. The van der Waals surface area contributed by atoms with Gasteiger partial charge in [0, 0.05) is 6.21 Å². The van der Waals surface area contributed by atoms with Crippen molar-refractivity contribution in [3.05, 3.63) is 35.4 Å². The van der Waals surface area contributed by atoms with E-state index in [1.54, 1.807) is 0 Å². The first-order valence-electron chi connectivity index (χ1n) is 4.42. The van der Waals surface area contributed by atoms with Crippen LogP contribution in [0.25, 0.3) is 0 Å². The van der Waals surface area contributed by atoms with Crippen LogP contribution in [0.1, 0.15) is 11.1 Å². The zero-order valence-electron chi connectivity index (χ0n) is 8.03. The van der Waals surface area contributed by atoms with Crippen LogP contribution in [0, 0.1) is 18.3 Å². The van der Waals surface area contributed by atoms with Crippen molar-refractivity contribution in [3.63, 3.8) is 0 Å². The van der Waals surface area contributed by atoms with Crippen LogP contribution in [0.2, 0.25) is 0 Å². The molecule has 0 radical (unpaired) electrons. The second kappa shape index (κ2) is 4.56. The molecule has 3 nitrogen and oxygen atoms in total. The summed E-state index contributed by atoms with van der Waals surface area (Å²) in [7, 11) is 0. The Hall–Kier alpha value is -1.64. The smallest absolute Gasteiger partial charge is 0.312 e. The van der Waals surface area contributed by atoms with Gasteiger partial charge in [-0.05, 0) is 18.9 Å². The molecule has 0 saturated heterocycles. The van der Waals surface area contributed by atoms with E-state index in [2.05, 4.69) is 0 Å². The number of carbonyl (C=O) groups is 1. The molecule has 0 saturated carbocycles. The Kier molecular flexibility index (Phi) is 3.40. The summed E-state index contributed by atoms with van der Waals surface area (Å²) in [6, 6.07) is 7.68. The van der Waals surface area contributed by atoms with Crippen molar-refractivity contribution in [2.45, 2.75) is 13.3 Å². The van der Waals surface area contributed by atoms with E-state index < -0.39 is 11.9 Å². The number of carboxylic acid groups (broad SMARTS) is 1. The number of aliphatic carboxylic acids is 1. The largest absolute Gasteiger partial charge is 0.481 e. The molecule has 0 heterocycles. The maximum absolute atomic E-state index is 10.7. The molecule has 2 N–H and O–H groups in total. The zero-order valence-corrected chi connectivity index (χ0v) is 8.03. The number of aryl methyl sites for hydroxylation is 1. The SMILES string of the molecule is Cc1ccc(CC(C=N)C(=O)O)cc1. The summed E-state index contributed by atoms with van der Waals surface area (Å²) in [5.74, 6) is -1.65. The van der Waals surface area contributed by atoms with Gasteiger partial charge in [0.1, 0.15) is 0 Å². The summed E-state index contributed by atoms with van der Waals surface area (Å²) in [5, 5.41) is 15.7. The van der Waals surface area contributed by atoms with E-state index in [9.17, 15) is 4.79 Å². The number of rotatable bonds is 4. The fraction of sp³-hybridized carbons (Fsp3) is 0.273. The molecule has 1 aromatic rings. The van der Waals surface area contributed by atoms with Crippen LogP contribution in [0.15, 0.2) is 24.3 Å². The van der Waals surface area contributed by atoms with Gasteiger partial charge in [0.05, 0.1) is 5.92 Å². The summed E-state index contributed by atoms with van der Waals surface area (Å²) in [4.78, 5) is 10.7. The highest BCUT2D eigenvalue weighted by Crippen LogP contribution is 2.09. The Labute approximate surface area is 82.9 Å². The summed E-state index contributed by atoms with van der Waals surface area (Å²) < 4.78 is 0. The monoisotopic (exact) mass is 191 g/mol. The lowest BCUT2D eigenvalue weighted by Crippen LogP contribution is -2.17. The minimum Gasteiger partial charge on any atom is -0.481 e. The van der Waals surface area contributed by atoms with Crippen LogP contribution < -0.4 is 0 Å². The summed E-state index contributed by atoms with van der Waals surface area (Å²) in [5.41, 5.74) is 2.10. The molecular weight excluding hydrogens is 178 g/mol. The summed E-state index contributed by atoms with van der Waals surface area (Å²) >= 11 is 0. The third-order valence-corrected chi connectivity index (χ3v) is 2.09. The molecule has 0 fully saturated rings. The van der Waals surface area contributed by atoms with Gasteiger partial charge in [0.2, 0.25) is 0 Å². The Morgan fingerprint density at radius 1 is 1.50 bits per heavy atom. The van der Waals surface area contributed by atoms with Crippen LogP contribution in [0.3, 0.4) is 0 Å². The van der Waals surface area contributed by atoms with Gasteiger partial charge < -0.3 is 10.5 Å². The van der Waals surface area contributed by atoms with Crippen LogP contribution in [0.5, 0.6) is 0 Å². The quantitative estimate of drug-likeness (QED) is 0.714. The third-order valence-electron chi connectivity index (χ3n) is 2.09. The second-order valence-corrected chi connectivity index (χ2v) is 3.30. The Balaban J connectivity index is 2.72. The predicted molar refractivity (Wildman–Crippen MR) is 54.8 cm³/mol. The average Bonchev–Trinajstić information content (AvgIpc) is 2.16. The van der Waals surface area contributed by atoms with Gasteiger partial charge >= 0.3 is 5.97 Å². The topological polar surface area (TPSA) is 61.2 Å². The van der Waals surface area contributed by atoms with E-state index >= 15 is 0 Å². The van der Waals surface area contributed by atoms with Crippen molar-refractivity contribution >= 4 is 12.2 Å². The predicted octanol–water partition coefficient (Wildman–Crippen LogP) is 1.89. The molecule has 0 amide bonds. The molecule has 1 aromatic carbocycles. The minimum atomic E-state index is -0.944. The first-order chi connectivity index (χ1) is 6.63. The Morgan fingerprint density at radius 2 is 2.07 bits per heavy atom. The van der Waals surface area contributed by atoms with Crippen molar-refractivity contribution in [2.24, 2.45) is 5.92 Å². The van der Waals surface area contributed by atoms with Gasteiger partial charge in [-0.2, -0.15) is 0 Å². The van der Waals surface area contributed by atoms with Crippen LogP contribution in [-0.4, -0.2) is 17.3 Å². The van der Waals surface area contributed by atoms with Crippen molar-refractivity contribution in [1.82, 2.24) is 0 Å². The van der Waals surface area contributed by atoms with Gasteiger partial charge in [-0.25, -0.2) is 0 Å². The fourth-order valence-electron chi connectivity index (χ4n) is 1.20. The van der Waals surface area contributed by atoms with Crippen LogP contribution >= 0.6 is 0 Å². The number of hydrogen-bond acceptors (Lipinski definition) is 2. The summed E-state index contributed by atoms with van der Waals surface area (Å²) in [6.45, 7) is 1.98. The van der Waals surface area contributed by atoms with Crippen molar-refractivity contribution < 1.29 is 9.90 Å². The lowest BCUT2D eigenvalue weighted by Gasteiger charge is -2.06. The van der Waals surface area contributed by atoms with Crippen LogP contribution in [0.4, 0.5) is 0 Å². The molecule has 0 spiro atoms. The number of carboxylic acids is 1. The lowest BCUT2D eigenvalue weighted by molar-refractivity contribution is -0.139. The molecule has 3 heteroatoms.